The number of fused-ring (bicyclic) bond motifs is 1. The van der Waals surface area contributed by atoms with Crippen molar-refractivity contribution in [2.24, 2.45) is 0 Å². The maximum atomic E-state index is 12.5. The van der Waals surface area contributed by atoms with Crippen LogP contribution in [0.25, 0.3) is 21.7 Å². The van der Waals surface area contributed by atoms with Crippen molar-refractivity contribution in [3.05, 3.63) is 55.4 Å². The lowest BCUT2D eigenvalue weighted by atomic mass is 10.2. The third kappa shape index (κ3) is 3.59. The summed E-state index contributed by atoms with van der Waals surface area (Å²) in [6.07, 6.45) is 0. The van der Waals surface area contributed by atoms with E-state index in [1.165, 1.54) is 23.1 Å². The maximum absolute atomic E-state index is 12.5. The number of H-pyrrole nitrogens is 1. The lowest BCUT2D eigenvalue weighted by molar-refractivity contribution is 0.465. The molecular formula is C18H15BrN4O2S2. The molecule has 0 saturated heterocycles. The number of thiophene rings is 1. The highest BCUT2D eigenvalue weighted by molar-refractivity contribution is 9.10. The summed E-state index contributed by atoms with van der Waals surface area (Å²) in [5, 5.41) is 9.18. The minimum atomic E-state index is -0.138. The Kier molecular flexibility index (Phi) is 4.92. The number of hydrogen-bond donors (Lipinski definition) is 1. The van der Waals surface area contributed by atoms with Crippen LogP contribution >= 0.6 is 39.0 Å². The molecular weight excluding hydrogens is 448 g/mol. The third-order valence-corrected chi connectivity index (χ3v) is 6.74. The van der Waals surface area contributed by atoms with Gasteiger partial charge in [0.25, 0.3) is 10.8 Å². The summed E-state index contributed by atoms with van der Waals surface area (Å²) >= 11 is 6.34. The molecule has 0 radical (unpaired) electrons. The van der Waals surface area contributed by atoms with Gasteiger partial charge in [0.15, 0.2) is 0 Å². The summed E-state index contributed by atoms with van der Waals surface area (Å²) in [6.45, 7) is 5.90. The molecule has 1 atom stereocenters. The molecule has 3 heterocycles. The average molecular weight is 463 g/mol. The van der Waals surface area contributed by atoms with Gasteiger partial charge in [0.1, 0.15) is 10.7 Å². The predicted molar refractivity (Wildman–Crippen MR) is 111 cm³/mol. The first-order valence-electron chi connectivity index (χ1n) is 8.18. The molecule has 1 unspecified atom stereocenters. The number of nitrogens with zero attached hydrogens (tertiary/aromatic N) is 3. The molecule has 9 heteroatoms. The second-order valence-electron chi connectivity index (χ2n) is 6.06. The van der Waals surface area contributed by atoms with Crippen LogP contribution in [0, 0.1) is 13.8 Å². The van der Waals surface area contributed by atoms with Gasteiger partial charge in [-0.2, -0.15) is 0 Å². The molecule has 0 saturated carbocycles. The number of aryl methyl sites for hydroxylation is 2. The van der Waals surface area contributed by atoms with E-state index >= 15 is 0 Å². The van der Waals surface area contributed by atoms with Crippen LogP contribution in [-0.2, 0) is 0 Å². The molecule has 6 nitrogen and oxygen atoms in total. The van der Waals surface area contributed by atoms with Gasteiger partial charge < -0.3 is 9.40 Å². The lowest BCUT2D eigenvalue weighted by Gasteiger charge is -2.07. The minimum absolute atomic E-state index is 0.107. The Morgan fingerprint density at radius 2 is 2.11 bits per heavy atom. The van der Waals surface area contributed by atoms with E-state index in [1.54, 1.807) is 0 Å². The van der Waals surface area contributed by atoms with Crippen molar-refractivity contribution in [3.63, 3.8) is 0 Å². The number of nitrogens with one attached hydrogen (secondary N) is 1. The Balaban J connectivity index is 1.60. The minimum Gasteiger partial charge on any atom is -0.411 e. The molecule has 0 bridgehead atoms. The van der Waals surface area contributed by atoms with Crippen LogP contribution < -0.4 is 5.56 Å². The van der Waals surface area contributed by atoms with E-state index in [2.05, 4.69) is 36.1 Å². The van der Waals surface area contributed by atoms with E-state index in [1.807, 2.05) is 45.0 Å². The molecule has 27 heavy (non-hydrogen) atoms. The van der Waals surface area contributed by atoms with Gasteiger partial charge in [-0.3, -0.25) is 4.79 Å². The van der Waals surface area contributed by atoms with E-state index in [9.17, 15) is 4.79 Å². The Morgan fingerprint density at radius 3 is 2.89 bits per heavy atom. The van der Waals surface area contributed by atoms with Crippen LogP contribution in [0.3, 0.4) is 0 Å². The molecule has 3 aromatic heterocycles. The fourth-order valence-corrected chi connectivity index (χ4v) is 4.84. The summed E-state index contributed by atoms with van der Waals surface area (Å²) in [7, 11) is 0. The number of rotatable bonds is 4. The summed E-state index contributed by atoms with van der Waals surface area (Å²) in [5.74, 6) is 1.05. The molecule has 0 spiro atoms. The van der Waals surface area contributed by atoms with E-state index in [0.29, 0.717) is 22.3 Å². The largest absolute Gasteiger partial charge is 0.411 e. The molecule has 0 aliphatic carbocycles. The Bertz CT molecular complexity index is 1200. The van der Waals surface area contributed by atoms with Crippen LogP contribution in [0.4, 0.5) is 0 Å². The van der Waals surface area contributed by atoms with Crippen LogP contribution in [0.1, 0.15) is 28.4 Å². The fourth-order valence-electron chi connectivity index (χ4n) is 2.67. The van der Waals surface area contributed by atoms with E-state index < -0.39 is 0 Å². The topological polar surface area (TPSA) is 84.7 Å². The Labute approximate surface area is 171 Å². The number of hydrogen-bond acceptors (Lipinski definition) is 7. The SMILES string of the molecule is Cc1sc2nc(C(C)Sc3nnc(-c4cccc(Br)c4)o3)[nH]c(=O)c2c1C. The molecule has 0 fully saturated rings. The molecule has 0 aliphatic heterocycles. The first-order chi connectivity index (χ1) is 12.9. The monoisotopic (exact) mass is 462 g/mol. The maximum Gasteiger partial charge on any atom is 0.277 e. The first-order valence-corrected chi connectivity index (χ1v) is 10.7. The van der Waals surface area contributed by atoms with Crippen molar-refractivity contribution in [1.29, 1.82) is 0 Å². The van der Waals surface area contributed by atoms with Gasteiger partial charge in [-0.05, 0) is 44.5 Å². The second-order valence-corrected chi connectivity index (χ2v) is 9.47. The van der Waals surface area contributed by atoms with Crippen LogP contribution in [0.15, 0.2) is 43.2 Å². The number of benzene rings is 1. The van der Waals surface area contributed by atoms with Crippen molar-refractivity contribution in [1.82, 2.24) is 20.2 Å². The van der Waals surface area contributed by atoms with Gasteiger partial charge in [0.2, 0.25) is 5.89 Å². The molecule has 138 valence electrons. The van der Waals surface area contributed by atoms with Gasteiger partial charge in [-0.15, -0.1) is 21.5 Å². The number of aromatic amines is 1. The fraction of sp³-hybridized carbons (Fsp3) is 0.222. The molecule has 1 aromatic carbocycles. The summed E-state index contributed by atoms with van der Waals surface area (Å²) in [5.41, 5.74) is 1.73. The third-order valence-electron chi connectivity index (χ3n) is 4.20. The van der Waals surface area contributed by atoms with Crippen molar-refractivity contribution in [2.45, 2.75) is 31.2 Å². The second kappa shape index (κ2) is 7.21. The van der Waals surface area contributed by atoms with Gasteiger partial charge in [-0.25, -0.2) is 4.98 Å². The summed E-state index contributed by atoms with van der Waals surface area (Å²) in [4.78, 5) is 21.9. The van der Waals surface area contributed by atoms with Crippen LogP contribution in [0.2, 0.25) is 0 Å². The van der Waals surface area contributed by atoms with Crippen LogP contribution in [-0.4, -0.2) is 20.2 Å². The molecule has 4 aromatic rings. The normalized spacial score (nSPS) is 12.6. The van der Waals surface area contributed by atoms with Gasteiger partial charge in [0.05, 0.1) is 10.6 Å². The number of aromatic nitrogens is 4. The Hall–Kier alpha value is -1.97. The van der Waals surface area contributed by atoms with E-state index in [4.69, 9.17) is 4.42 Å². The molecule has 4 rings (SSSR count). The lowest BCUT2D eigenvalue weighted by Crippen LogP contribution is -2.12. The average Bonchev–Trinajstić information content (AvgIpc) is 3.20. The van der Waals surface area contributed by atoms with Crippen LogP contribution in [0.5, 0.6) is 0 Å². The number of halogens is 1. The quantitative estimate of drug-likeness (QED) is 0.415. The van der Waals surface area contributed by atoms with Crippen molar-refractivity contribution in [2.75, 3.05) is 0 Å². The highest BCUT2D eigenvalue weighted by atomic mass is 79.9. The molecule has 1 N–H and O–H groups in total. The zero-order valence-electron chi connectivity index (χ0n) is 14.7. The van der Waals surface area contributed by atoms with Crippen molar-refractivity contribution in [3.8, 4) is 11.5 Å². The highest BCUT2D eigenvalue weighted by Gasteiger charge is 2.19. The predicted octanol–water partition coefficient (Wildman–Crippen LogP) is 5.27. The summed E-state index contributed by atoms with van der Waals surface area (Å²) in [6, 6.07) is 7.67. The van der Waals surface area contributed by atoms with E-state index in [0.717, 1.165) is 25.3 Å². The summed E-state index contributed by atoms with van der Waals surface area (Å²) < 4.78 is 6.70. The van der Waals surface area contributed by atoms with Gasteiger partial charge in [0, 0.05) is 14.9 Å². The number of thioether (sulfide) groups is 1. The highest BCUT2D eigenvalue weighted by Crippen LogP contribution is 2.35. The van der Waals surface area contributed by atoms with Gasteiger partial charge >= 0.3 is 0 Å². The standard InChI is InChI=1S/C18H15BrN4O2S2/c1-8-9(2)26-17-13(8)15(24)20-14(21-17)10(3)27-18-23-22-16(25-18)11-5-4-6-12(19)7-11/h4-7,10H,1-3H3,(H,20,21,24). The van der Waals surface area contributed by atoms with Gasteiger partial charge in [-0.1, -0.05) is 33.8 Å². The zero-order chi connectivity index (χ0) is 19.1. The Morgan fingerprint density at radius 1 is 1.30 bits per heavy atom. The van der Waals surface area contributed by atoms with Crippen molar-refractivity contribution >= 4 is 49.2 Å². The van der Waals surface area contributed by atoms with E-state index in [-0.39, 0.29) is 10.8 Å². The first kappa shape index (κ1) is 18.4. The molecule has 0 amide bonds. The van der Waals surface area contributed by atoms with Crippen molar-refractivity contribution < 1.29 is 4.42 Å². The smallest absolute Gasteiger partial charge is 0.277 e. The zero-order valence-corrected chi connectivity index (χ0v) is 18.0. The molecule has 0 aliphatic rings.